The first-order valence-corrected chi connectivity index (χ1v) is 11.3. The molecule has 0 aliphatic carbocycles. The zero-order chi connectivity index (χ0) is 21.9. The zero-order valence-electron chi connectivity index (χ0n) is 16.9. The third-order valence-electron chi connectivity index (χ3n) is 5.06. The van der Waals surface area contributed by atoms with Crippen LogP contribution in [-0.4, -0.2) is 15.0 Å². The maximum atomic E-state index is 6.48. The van der Waals surface area contributed by atoms with Gasteiger partial charge in [0.1, 0.15) is 0 Å². The monoisotopic (exact) mass is 497 g/mol. The highest BCUT2D eigenvalue weighted by Crippen LogP contribution is 2.33. The summed E-state index contributed by atoms with van der Waals surface area (Å²) in [5.41, 5.74) is 4.73. The van der Waals surface area contributed by atoms with Crippen LogP contribution < -0.4 is 0 Å². The molecule has 0 N–H and O–H groups in total. The molecule has 1 aromatic heterocycles. The van der Waals surface area contributed by atoms with E-state index >= 15 is 0 Å². The van der Waals surface area contributed by atoms with Crippen LogP contribution in [0, 0.1) is 0 Å². The number of nitrogens with zero attached hydrogens (tertiary/aromatic N) is 3. The van der Waals surface area contributed by atoms with Crippen LogP contribution in [0.5, 0.6) is 0 Å². The van der Waals surface area contributed by atoms with E-state index in [4.69, 9.17) is 26.6 Å². The van der Waals surface area contributed by atoms with Crippen LogP contribution in [0.3, 0.4) is 0 Å². The second-order valence-corrected chi connectivity index (χ2v) is 8.57. The predicted octanol–water partition coefficient (Wildman–Crippen LogP) is 7.96. The van der Waals surface area contributed by atoms with Gasteiger partial charge in [0, 0.05) is 31.7 Å². The predicted molar refractivity (Wildman–Crippen MR) is 134 cm³/mol. The number of rotatable bonds is 4. The normalized spacial score (nSPS) is 10.8. The number of halogens is 2. The molecule has 0 saturated heterocycles. The molecule has 0 bridgehead atoms. The van der Waals surface area contributed by atoms with E-state index in [0.717, 1.165) is 32.3 Å². The molecular weight excluding hydrogens is 482 g/mol. The average Bonchev–Trinajstić information content (AvgIpc) is 2.86. The fourth-order valence-corrected chi connectivity index (χ4v) is 4.07. The molecule has 1 heterocycles. The second-order valence-electron chi connectivity index (χ2n) is 7.24. The van der Waals surface area contributed by atoms with Gasteiger partial charge in [-0.3, -0.25) is 0 Å². The minimum atomic E-state index is 0.616. The molecule has 0 unspecified atom stereocenters. The van der Waals surface area contributed by atoms with Gasteiger partial charge in [0.25, 0.3) is 0 Å². The Kier molecular flexibility index (Phi) is 5.80. The topological polar surface area (TPSA) is 38.7 Å². The Morgan fingerprint density at radius 1 is 0.500 bits per heavy atom. The molecule has 5 heteroatoms. The maximum absolute atomic E-state index is 6.48. The van der Waals surface area contributed by atoms with E-state index in [-0.39, 0.29) is 0 Å². The van der Waals surface area contributed by atoms with Crippen molar-refractivity contribution >= 4 is 27.5 Å². The molecule has 154 valence electrons. The third-order valence-corrected chi connectivity index (χ3v) is 5.88. The van der Waals surface area contributed by atoms with Crippen LogP contribution in [0.4, 0.5) is 0 Å². The molecule has 32 heavy (non-hydrogen) atoms. The first-order chi connectivity index (χ1) is 15.7. The largest absolute Gasteiger partial charge is 0.208 e. The summed E-state index contributed by atoms with van der Waals surface area (Å²) in [6, 6.07) is 33.8. The highest BCUT2D eigenvalue weighted by atomic mass is 79.9. The fourth-order valence-electron chi connectivity index (χ4n) is 3.48. The van der Waals surface area contributed by atoms with Crippen molar-refractivity contribution < 1.29 is 0 Å². The summed E-state index contributed by atoms with van der Waals surface area (Å²) in [6.07, 6.45) is 0. The number of benzene rings is 4. The summed E-state index contributed by atoms with van der Waals surface area (Å²) >= 11 is 10.0. The Hall–Kier alpha value is -3.34. The molecule has 0 aliphatic heterocycles. The van der Waals surface area contributed by atoms with E-state index < -0.39 is 0 Å². The molecule has 5 rings (SSSR count). The fraction of sp³-hybridized carbons (Fsp3) is 0. The summed E-state index contributed by atoms with van der Waals surface area (Å²) < 4.78 is 0.972. The van der Waals surface area contributed by atoms with Crippen molar-refractivity contribution in [3.8, 4) is 45.3 Å². The highest BCUT2D eigenvalue weighted by molar-refractivity contribution is 9.10. The molecule has 4 aromatic carbocycles. The smallest absolute Gasteiger partial charge is 0.164 e. The molecule has 0 amide bonds. The van der Waals surface area contributed by atoms with E-state index in [9.17, 15) is 0 Å². The van der Waals surface area contributed by atoms with Crippen LogP contribution in [0.25, 0.3) is 45.3 Å². The standard InChI is InChI=1S/C27H17BrClN3/c28-22-14-15-24(29)23(17-22)20-12-7-13-21(16-20)27-31-25(18-8-3-1-4-9-18)30-26(32-27)19-10-5-2-6-11-19/h1-17H. The molecule has 5 aromatic rings. The van der Waals surface area contributed by atoms with Gasteiger partial charge in [-0.25, -0.2) is 15.0 Å². The van der Waals surface area contributed by atoms with Crippen molar-refractivity contribution in [3.05, 3.63) is 113 Å². The molecule has 0 saturated carbocycles. The van der Waals surface area contributed by atoms with Crippen molar-refractivity contribution in [2.75, 3.05) is 0 Å². The Balaban J connectivity index is 1.67. The van der Waals surface area contributed by atoms with Gasteiger partial charge < -0.3 is 0 Å². The van der Waals surface area contributed by atoms with E-state index in [1.165, 1.54) is 0 Å². The quantitative estimate of drug-likeness (QED) is 0.252. The van der Waals surface area contributed by atoms with Gasteiger partial charge in [-0.2, -0.15) is 0 Å². The Bertz CT molecular complexity index is 1330. The van der Waals surface area contributed by atoms with Gasteiger partial charge in [-0.1, -0.05) is 106 Å². The molecule has 0 radical (unpaired) electrons. The van der Waals surface area contributed by atoms with Crippen LogP contribution in [0.2, 0.25) is 5.02 Å². The highest BCUT2D eigenvalue weighted by Gasteiger charge is 2.13. The summed E-state index contributed by atoms with van der Waals surface area (Å²) in [7, 11) is 0. The molecule has 0 fully saturated rings. The van der Waals surface area contributed by atoms with Crippen LogP contribution >= 0.6 is 27.5 Å². The van der Waals surface area contributed by atoms with E-state index in [1.54, 1.807) is 0 Å². The minimum absolute atomic E-state index is 0.616. The van der Waals surface area contributed by atoms with Crippen LogP contribution in [-0.2, 0) is 0 Å². The average molecular weight is 499 g/mol. The lowest BCUT2D eigenvalue weighted by atomic mass is 10.0. The Morgan fingerprint density at radius 3 is 1.59 bits per heavy atom. The van der Waals surface area contributed by atoms with Gasteiger partial charge in [-0.15, -0.1) is 0 Å². The van der Waals surface area contributed by atoms with Crippen molar-refractivity contribution in [1.29, 1.82) is 0 Å². The Morgan fingerprint density at radius 2 is 1.00 bits per heavy atom. The van der Waals surface area contributed by atoms with Gasteiger partial charge in [0.05, 0.1) is 0 Å². The van der Waals surface area contributed by atoms with Gasteiger partial charge in [0.2, 0.25) is 0 Å². The van der Waals surface area contributed by atoms with Gasteiger partial charge in [-0.05, 0) is 29.8 Å². The lowest BCUT2D eigenvalue weighted by molar-refractivity contribution is 1.07. The first kappa shape index (κ1) is 20.6. The molecule has 0 aliphatic rings. The van der Waals surface area contributed by atoms with Crippen LogP contribution in [0.1, 0.15) is 0 Å². The summed E-state index contributed by atoms with van der Waals surface area (Å²) in [4.78, 5) is 14.4. The van der Waals surface area contributed by atoms with Gasteiger partial charge >= 0.3 is 0 Å². The van der Waals surface area contributed by atoms with Crippen molar-refractivity contribution in [1.82, 2.24) is 15.0 Å². The summed E-state index contributed by atoms with van der Waals surface area (Å²) in [5, 5.41) is 0.691. The number of hydrogen-bond acceptors (Lipinski definition) is 3. The lowest BCUT2D eigenvalue weighted by Gasteiger charge is -2.10. The summed E-state index contributed by atoms with van der Waals surface area (Å²) in [6.45, 7) is 0. The second kappa shape index (κ2) is 9.03. The maximum Gasteiger partial charge on any atom is 0.164 e. The molecular formula is C27H17BrClN3. The number of hydrogen-bond donors (Lipinski definition) is 0. The lowest BCUT2D eigenvalue weighted by Crippen LogP contribution is -2.00. The van der Waals surface area contributed by atoms with Gasteiger partial charge in [0.15, 0.2) is 17.5 Å². The summed E-state index contributed by atoms with van der Waals surface area (Å²) in [5.74, 6) is 1.89. The van der Waals surface area contributed by atoms with Crippen molar-refractivity contribution in [3.63, 3.8) is 0 Å². The molecule has 0 spiro atoms. The van der Waals surface area contributed by atoms with E-state index in [1.807, 2.05) is 97.1 Å². The minimum Gasteiger partial charge on any atom is -0.208 e. The SMILES string of the molecule is Clc1ccc(Br)cc1-c1cccc(-c2nc(-c3ccccc3)nc(-c3ccccc3)n2)c1. The van der Waals surface area contributed by atoms with E-state index in [0.29, 0.717) is 22.5 Å². The van der Waals surface area contributed by atoms with Crippen molar-refractivity contribution in [2.24, 2.45) is 0 Å². The molecule has 0 atom stereocenters. The Labute approximate surface area is 199 Å². The zero-order valence-corrected chi connectivity index (χ0v) is 19.3. The van der Waals surface area contributed by atoms with Crippen LogP contribution in [0.15, 0.2) is 108 Å². The number of aromatic nitrogens is 3. The van der Waals surface area contributed by atoms with E-state index in [2.05, 4.69) is 22.0 Å². The molecule has 3 nitrogen and oxygen atoms in total. The van der Waals surface area contributed by atoms with Crippen molar-refractivity contribution in [2.45, 2.75) is 0 Å². The first-order valence-electron chi connectivity index (χ1n) is 10.1. The third kappa shape index (κ3) is 4.33.